The van der Waals surface area contributed by atoms with Gasteiger partial charge in [-0.3, -0.25) is 4.79 Å². The molecule has 2 rings (SSSR count). The molecule has 0 atom stereocenters. The molecular weight excluding hydrogens is 312 g/mol. The molecule has 0 aliphatic rings. The summed E-state index contributed by atoms with van der Waals surface area (Å²) in [7, 11) is 3.16. The number of hydrogen-bond donors (Lipinski definition) is 0. The quantitative estimate of drug-likeness (QED) is 0.639. The van der Waals surface area contributed by atoms with E-state index in [2.05, 4.69) is 15.9 Å². The molecule has 0 amide bonds. The van der Waals surface area contributed by atoms with Crippen molar-refractivity contribution in [2.24, 2.45) is 0 Å². The van der Waals surface area contributed by atoms with Crippen LogP contribution in [0, 0.1) is 0 Å². The van der Waals surface area contributed by atoms with Gasteiger partial charge in [-0.25, -0.2) is 0 Å². The van der Waals surface area contributed by atoms with E-state index < -0.39 is 0 Å². The van der Waals surface area contributed by atoms with Crippen molar-refractivity contribution in [1.29, 1.82) is 0 Å². The molecule has 0 bridgehead atoms. The number of rotatable bonds is 3. The van der Waals surface area contributed by atoms with Gasteiger partial charge in [0.05, 0.1) is 24.1 Å². The van der Waals surface area contributed by atoms with Gasteiger partial charge in [-0.1, -0.05) is 0 Å². The van der Waals surface area contributed by atoms with Crippen LogP contribution in [0.4, 0.5) is 0 Å². The second kappa shape index (κ2) is 5.48. The third-order valence-electron chi connectivity index (χ3n) is 2.69. The number of halogens is 1. The second-order valence-electron chi connectivity index (χ2n) is 3.86. The Labute approximate surface area is 119 Å². The zero-order valence-electron chi connectivity index (χ0n) is 10.8. The maximum absolute atomic E-state index is 11.2. The maximum Gasteiger partial charge on any atom is 0.308 e. The van der Waals surface area contributed by atoms with Gasteiger partial charge in [-0.2, -0.15) is 0 Å². The summed E-state index contributed by atoms with van der Waals surface area (Å²) in [5.74, 6) is 1.36. The summed E-state index contributed by atoms with van der Waals surface area (Å²) >= 11 is 3.42. The highest BCUT2D eigenvalue weighted by atomic mass is 79.9. The number of hydrogen-bond acceptors (Lipinski definition) is 4. The molecule has 0 aliphatic heterocycles. The molecular formula is C14H13BrO4. The van der Waals surface area contributed by atoms with Crippen molar-refractivity contribution in [2.75, 3.05) is 14.2 Å². The van der Waals surface area contributed by atoms with Crippen LogP contribution in [0.5, 0.6) is 17.2 Å². The summed E-state index contributed by atoms with van der Waals surface area (Å²) in [4.78, 5) is 11.2. The first-order chi connectivity index (χ1) is 9.08. The fourth-order valence-electron chi connectivity index (χ4n) is 1.95. The number of ether oxygens (including phenoxy) is 3. The van der Waals surface area contributed by atoms with E-state index in [1.54, 1.807) is 26.4 Å². The van der Waals surface area contributed by atoms with E-state index in [1.807, 2.05) is 12.1 Å². The van der Waals surface area contributed by atoms with Crippen LogP contribution < -0.4 is 14.2 Å². The number of esters is 1. The van der Waals surface area contributed by atoms with Crippen LogP contribution in [-0.4, -0.2) is 20.2 Å². The van der Waals surface area contributed by atoms with Gasteiger partial charge in [0.15, 0.2) is 0 Å². The Morgan fingerprint density at radius 1 is 1.05 bits per heavy atom. The first kappa shape index (κ1) is 13.7. The lowest BCUT2D eigenvalue weighted by Crippen LogP contribution is -2.03. The molecule has 0 spiro atoms. The van der Waals surface area contributed by atoms with Crippen molar-refractivity contribution in [3.05, 3.63) is 28.7 Å². The summed E-state index contributed by atoms with van der Waals surface area (Å²) in [5.41, 5.74) is 0. The molecule has 0 heterocycles. The van der Waals surface area contributed by atoms with Crippen molar-refractivity contribution in [1.82, 2.24) is 0 Å². The minimum Gasteiger partial charge on any atom is -0.496 e. The van der Waals surface area contributed by atoms with Crippen LogP contribution in [0.2, 0.25) is 0 Å². The first-order valence-corrected chi connectivity index (χ1v) is 6.39. The Morgan fingerprint density at radius 2 is 1.74 bits per heavy atom. The maximum atomic E-state index is 11.2. The van der Waals surface area contributed by atoms with Gasteiger partial charge in [-0.15, -0.1) is 0 Å². The molecule has 100 valence electrons. The zero-order chi connectivity index (χ0) is 14.0. The summed E-state index contributed by atoms with van der Waals surface area (Å²) in [5, 5.41) is 1.52. The molecule has 0 N–H and O–H groups in total. The molecule has 19 heavy (non-hydrogen) atoms. The van der Waals surface area contributed by atoms with Gasteiger partial charge < -0.3 is 14.2 Å². The molecule has 2 aromatic rings. The average molecular weight is 325 g/mol. The summed E-state index contributed by atoms with van der Waals surface area (Å²) in [6, 6.07) is 7.19. The summed E-state index contributed by atoms with van der Waals surface area (Å²) in [6.45, 7) is 1.36. The van der Waals surface area contributed by atoms with E-state index in [-0.39, 0.29) is 5.97 Å². The van der Waals surface area contributed by atoms with E-state index in [4.69, 9.17) is 14.2 Å². The third-order valence-corrected chi connectivity index (χ3v) is 3.31. The Hall–Kier alpha value is -1.75. The Morgan fingerprint density at radius 3 is 2.32 bits per heavy atom. The minimum atomic E-state index is -0.381. The number of methoxy groups -OCH3 is 2. The first-order valence-electron chi connectivity index (χ1n) is 5.60. The lowest BCUT2D eigenvalue weighted by molar-refractivity contribution is -0.131. The van der Waals surface area contributed by atoms with Crippen LogP contribution in [0.3, 0.4) is 0 Å². The van der Waals surface area contributed by atoms with Gasteiger partial charge in [0.2, 0.25) is 0 Å². The van der Waals surface area contributed by atoms with Crippen LogP contribution >= 0.6 is 15.9 Å². The van der Waals surface area contributed by atoms with E-state index in [0.717, 1.165) is 9.86 Å². The SMILES string of the molecule is COc1ccc(OC(C)=O)c2c(OC)c(Br)ccc12. The van der Waals surface area contributed by atoms with E-state index in [9.17, 15) is 4.79 Å². The fraction of sp³-hybridized carbons (Fsp3) is 0.214. The smallest absolute Gasteiger partial charge is 0.308 e. The normalized spacial score (nSPS) is 10.3. The molecule has 0 aliphatic carbocycles. The molecule has 5 heteroatoms. The van der Waals surface area contributed by atoms with Gasteiger partial charge >= 0.3 is 5.97 Å². The molecule has 0 unspecified atom stereocenters. The van der Waals surface area contributed by atoms with E-state index in [0.29, 0.717) is 22.6 Å². The van der Waals surface area contributed by atoms with Crippen molar-refractivity contribution in [3.63, 3.8) is 0 Å². The van der Waals surface area contributed by atoms with Crippen molar-refractivity contribution in [2.45, 2.75) is 6.92 Å². The Kier molecular flexibility index (Phi) is 3.95. The van der Waals surface area contributed by atoms with Crippen LogP contribution in [0.1, 0.15) is 6.92 Å². The summed E-state index contributed by atoms with van der Waals surface area (Å²) < 4.78 is 16.7. The Bertz CT molecular complexity index is 637. The van der Waals surface area contributed by atoms with Crippen LogP contribution in [-0.2, 0) is 4.79 Å². The number of carbonyl (C=O) groups is 1. The van der Waals surface area contributed by atoms with E-state index in [1.165, 1.54) is 6.92 Å². The molecule has 0 aromatic heterocycles. The predicted molar refractivity (Wildman–Crippen MR) is 76.1 cm³/mol. The van der Waals surface area contributed by atoms with Crippen molar-refractivity contribution < 1.29 is 19.0 Å². The molecule has 0 saturated heterocycles. The van der Waals surface area contributed by atoms with Gasteiger partial charge in [0.25, 0.3) is 0 Å². The molecule has 0 radical (unpaired) electrons. The van der Waals surface area contributed by atoms with Gasteiger partial charge in [-0.05, 0) is 40.2 Å². The average Bonchev–Trinajstić information content (AvgIpc) is 2.38. The molecule has 0 fully saturated rings. The Balaban J connectivity index is 2.83. The standard InChI is InChI=1S/C14H13BrO4/c1-8(16)19-12-7-6-11(17-2)9-4-5-10(15)14(18-3)13(9)12/h4-7H,1-3H3. The second-order valence-corrected chi connectivity index (χ2v) is 4.72. The van der Waals surface area contributed by atoms with Gasteiger partial charge in [0.1, 0.15) is 17.2 Å². The summed E-state index contributed by atoms with van der Waals surface area (Å²) in [6.07, 6.45) is 0. The number of carbonyl (C=O) groups excluding carboxylic acids is 1. The molecule has 4 nitrogen and oxygen atoms in total. The van der Waals surface area contributed by atoms with Crippen molar-refractivity contribution in [3.8, 4) is 17.2 Å². The van der Waals surface area contributed by atoms with Gasteiger partial charge in [0, 0.05) is 12.3 Å². The lowest BCUT2D eigenvalue weighted by atomic mass is 10.1. The van der Waals surface area contributed by atoms with Crippen molar-refractivity contribution >= 4 is 32.7 Å². The number of benzene rings is 2. The van der Waals surface area contributed by atoms with Crippen LogP contribution in [0.25, 0.3) is 10.8 Å². The predicted octanol–water partition coefficient (Wildman–Crippen LogP) is 3.54. The molecule has 0 saturated carbocycles. The topological polar surface area (TPSA) is 44.8 Å². The molecule has 2 aromatic carbocycles. The highest BCUT2D eigenvalue weighted by molar-refractivity contribution is 9.10. The van der Waals surface area contributed by atoms with Crippen LogP contribution in [0.15, 0.2) is 28.7 Å². The monoisotopic (exact) mass is 324 g/mol. The highest BCUT2D eigenvalue weighted by Gasteiger charge is 2.16. The van der Waals surface area contributed by atoms with E-state index >= 15 is 0 Å². The third kappa shape index (κ3) is 2.51. The number of fused-ring (bicyclic) bond motifs is 1. The largest absolute Gasteiger partial charge is 0.496 e. The highest BCUT2D eigenvalue weighted by Crippen LogP contribution is 2.42. The fourth-order valence-corrected chi connectivity index (χ4v) is 2.44. The lowest BCUT2D eigenvalue weighted by Gasteiger charge is -2.14. The zero-order valence-corrected chi connectivity index (χ0v) is 12.4. The minimum absolute atomic E-state index is 0.381.